The summed E-state index contributed by atoms with van der Waals surface area (Å²) < 4.78 is 21.4. The highest BCUT2D eigenvalue weighted by molar-refractivity contribution is 5.61. The van der Waals surface area contributed by atoms with E-state index in [1.807, 2.05) is 6.07 Å². The van der Waals surface area contributed by atoms with Crippen LogP contribution in [0.2, 0.25) is 0 Å². The van der Waals surface area contributed by atoms with E-state index in [0.717, 1.165) is 5.56 Å². The van der Waals surface area contributed by atoms with E-state index in [9.17, 15) is 0 Å². The zero-order valence-electron chi connectivity index (χ0n) is 12.4. The lowest BCUT2D eigenvalue weighted by atomic mass is 10.2. The third kappa shape index (κ3) is 2.73. The number of hydrogen-bond acceptors (Lipinski definition) is 7. The molecule has 24 heavy (non-hydrogen) atoms. The van der Waals surface area contributed by atoms with Gasteiger partial charge in [0, 0.05) is 5.56 Å². The Kier molecular flexibility index (Phi) is 3.48. The number of benzene rings is 2. The van der Waals surface area contributed by atoms with Gasteiger partial charge in [0.25, 0.3) is 5.89 Å². The van der Waals surface area contributed by atoms with E-state index in [2.05, 4.69) is 16.2 Å². The van der Waals surface area contributed by atoms with Crippen molar-refractivity contribution < 1.29 is 18.7 Å². The standard InChI is InChI=1S/C17H11N3O4/c18-8-11-2-1-3-13(6-11)21-9-16-19-17(20-24-16)12-4-5-14-15(7-12)23-10-22-14/h1-7H,9-10H2. The van der Waals surface area contributed by atoms with Gasteiger partial charge in [-0.3, -0.25) is 0 Å². The van der Waals surface area contributed by atoms with Crippen LogP contribution in [-0.4, -0.2) is 16.9 Å². The van der Waals surface area contributed by atoms with Crippen molar-refractivity contribution in [1.29, 1.82) is 5.26 Å². The fourth-order valence-electron chi connectivity index (χ4n) is 2.27. The molecule has 1 aliphatic heterocycles. The minimum absolute atomic E-state index is 0.117. The fourth-order valence-corrected chi connectivity index (χ4v) is 2.27. The first-order valence-electron chi connectivity index (χ1n) is 7.17. The Balaban J connectivity index is 1.48. The van der Waals surface area contributed by atoms with Crippen LogP contribution in [0.4, 0.5) is 0 Å². The Hall–Kier alpha value is -3.53. The first-order valence-corrected chi connectivity index (χ1v) is 7.17. The highest BCUT2D eigenvalue weighted by atomic mass is 16.7. The maximum atomic E-state index is 8.88. The van der Waals surface area contributed by atoms with E-state index in [1.54, 1.807) is 36.4 Å². The second-order valence-electron chi connectivity index (χ2n) is 5.01. The van der Waals surface area contributed by atoms with E-state index in [4.69, 9.17) is 24.0 Å². The lowest BCUT2D eigenvalue weighted by Gasteiger charge is -2.02. The van der Waals surface area contributed by atoms with Gasteiger partial charge < -0.3 is 18.7 Å². The van der Waals surface area contributed by atoms with Crippen molar-refractivity contribution in [3.05, 3.63) is 53.9 Å². The lowest BCUT2D eigenvalue weighted by molar-refractivity contribution is 0.174. The third-order valence-corrected chi connectivity index (χ3v) is 3.42. The molecule has 0 bridgehead atoms. The van der Waals surface area contributed by atoms with Gasteiger partial charge in [-0.2, -0.15) is 10.2 Å². The average molecular weight is 321 g/mol. The van der Waals surface area contributed by atoms with Gasteiger partial charge in [-0.15, -0.1) is 0 Å². The van der Waals surface area contributed by atoms with Crippen LogP contribution in [0.3, 0.4) is 0 Å². The molecular formula is C17H11N3O4. The molecule has 118 valence electrons. The van der Waals surface area contributed by atoms with Crippen molar-refractivity contribution in [1.82, 2.24) is 10.1 Å². The normalized spacial score (nSPS) is 12.0. The summed E-state index contributed by atoms with van der Waals surface area (Å²) >= 11 is 0. The average Bonchev–Trinajstić information content (AvgIpc) is 3.28. The molecule has 1 aromatic heterocycles. The van der Waals surface area contributed by atoms with Gasteiger partial charge in [0.15, 0.2) is 18.1 Å². The second kappa shape index (κ2) is 5.93. The second-order valence-corrected chi connectivity index (χ2v) is 5.01. The summed E-state index contributed by atoms with van der Waals surface area (Å²) in [6.07, 6.45) is 0. The zero-order chi connectivity index (χ0) is 16.4. The SMILES string of the molecule is N#Cc1cccc(OCc2nc(-c3ccc4c(c3)OCO4)no2)c1. The molecule has 4 rings (SSSR count). The van der Waals surface area contributed by atoms with Gasteiger partial charge >= 0.3 is 0 Å². The first-order chi connectivity index (χ1) is 11.8. The van der Waals surface area contributed by atoms with Gasteiger partial charge in [-0.05, 0) is 36.4 Å². The number of ether oxygens (including phenoxy) is 3. The summed E-state index contributed by atoms with van der Waals surface area (Å²) in [6, 6.07) is 14.4. The molecule has 0 atom stereocenters. The molecule has 7 nitrogen and oxygen atoms in total. The van der Waals surface area contributed by atoms with E-state index in [1.165, 1.54) is 0 Å². The highest BCUT2D eigenvalue weighted by Gasteiger charge is 2.16. The number of nitrogens with zero attached hydrogens (tertiary/aromatic N) is 3. The first kappa shape index (κ1) is 14.1. The minimum atomic E-state index is 0.117. The Labute approximate surface area is 137 Å². The van der Waals surface area contributed by atoms with E-state index in [-0.39, 0.29) is 13.4 Å². The maximum Gasteiger partial charge on any atom is 0.264 e. The summed E-state index contributed by atoms with van der Waals surface area (Å²) in [7, 11) is 0. The molecule has 0 saturated heterocycles. The minimum Gasteiger partial charge on any atom is -0.484 e. The van der Waals surface area contributed by atoms with Crippen molar-refractivity contribution in [3.8, 4) is 34.7 Å². The molecule has 0 amide bonds. The van der Waals surface area contributed by atoms with Gasteiger partial charge in [-0.25, -0.2) is 0 Å². The molecule has 0 radical (unpaired) electrons. The third-order valence-electron chi connectivity index (χ3n) is 3.42. The quantitative estimate of drug-likeness (QED) is 0.729. The van der Waals surface area contributed by atoms with Gasteiger partial charge in [0.1, 0.15) is 5.75 Å². The molecule has 0 saturated carbocycles. The zero-order valence-corrected chi connectivity index (χ0v) is 12.4. The van der Waals surface area contributed by atoms with Crippen molar-refractivity contribution >= 4 is 0 Å². The predicted octanol–water partition coefficient (Wildman–Crippen LogP) is 2.92. The predicted molar refractivity (Wildman–Crippen MR) is 81.3 cm³/mol. The van der Waals surface area contributed by atoms with Gasteiger partial charge in [0.05, 0.1) is 11.6 Å². The van der Waals surface area contributed by atoms with Crippen molar-refractivity contribution in [2.45, 2.75) is 6.61 Å². The largest absolute Gasteiger partial charge is 0.484 e. The number of fused-ring (bicyclic) bond motifs is 1. The smallest absolute Gasteiger partial charge is 0.264 e. The monoisotopic (exact) mass is 321 g/mol. The van der Waals surface area contributed by atoms with E-state index >= 15 is 0 Å². The lowest BCUT2D eigenvalue weighted by Crippen LogP contribution is -1.96. The summed E-state index contributed by atoms with van der Waals surface area (Å²) in [5.41, 5.74) is 1.29. The maximum absolute atomic E-state index is 8.88. The Morgan fingerprint density at radius 3 is 2.96 bits per heavy atom. The van der Waals surface area contributed by atoms with Gasteiger partial charge in [-0.1, -0.05) is 11.2 Å². The van der Waals surface area contributed by atoms with Crippen LogP contribution < -0.4 is 14.2 Å². The summed E-state index contributed by atoms with van der Waals surface area (Å²) in [5.74, 6) is 2.70. The Morgan fingerprint density at radius 2 is 2.04 bits per heavy atom. The number of rotatable bonds is 4. The van der Waals surface area contributed by atoms with Crippen molar-refractivity contribution in [3.63, 3.8) is 0 Å². The summed E-state index contributed by atoms with van der Waals surface area (Å²) in [6.45, 7) is 0.332. The van der Waals surface area contributed by atoms with Crippen LogP contribution in [0.15, 0.2) is 47.0 Å². The molecule has 0 fully saturated rings. The molecule has 7 heteroatoms. The van der Waals surface area contributed by atoms with Crippen molar-refractivity contribution in [2.24, 2.45) is 0 Å². The van der Waals surface area contributed by atoms with E-state index in [0.29, 0.717) is 34.5 Å². The van der Waals surface area contributed by atoms with Gasteiger partial charge in [0.2, 0.25) is 12.6 Å². The highest BCUT2D eigenvalue weighted by Crippen LogP contribution is 2.35. The van der Waals surface area contributed by atoms with Crippen LogP contribution in [0.5, 0.6) is 17.2 Å². The molecule has 1 aliphatic rings. The molecule has 0 aliphatic carbocycles. The fraction of sp³-hybridized carbons (Fsp3) is 0.118. The van der Waals surface area contributed by atoms with Crippen LogP contribution in [0, 0.1) is 11.3 Å². The number of aromatic nitrogens is 2. The summed E-state index contributed by atoms with van der Waals surface area (Å²) in [4.78, 5) is 4.30. The molecule has 0 N–H and O–H groups in total. The Morgan fingerprint density at radius 1 is 1.12 bits per heavy atom. The van der Waals surface area contributed by atoms with Crippen LogP contribution in [0.1, 0.15) is 11.5 Å². The molecule has 3 aromatic rings. The molecule has 0 unspecified atom stereocenters. The van der Waals surface area contributed by atoms with Crippen molar-refractivity contribution in [2.75, 3.05) is 6.79 Å². The Bertz CT molecular complexity index is 930. The van der Waals surface area contributed by atoms with Crippen LogP contribution >= 0.6 is 0 Å². The molecule has 2 aromatic carbocycles. The number of hydrogen-bond donors (Lipinski definition) is 0. The summed E-state index contributed by atoms with van der Waals surface area (Å²) in [5, 5.41) is 12.8. The topological polar surface area (TPSA) is 90.4 Å². The number of nitriles is 1. The van der Waals surface area contributed by atoms with E-state index < -0.39 is 0 Å². The van der Waals surface area contributed by atoms with Crippen LogP contribution in [-0.2, 0) is 6.61 Å². The molecular weight excluding hydrogens is 310 g/mol. The molecule has 2 heterocycles. The van der Waals surface area contributed by atoms with Crippen LogP contribution in [0.25, 0.3) is 11.4 Å². The molecule has 0 spiro atoms.